The molecule has 10 heteroatoms. The van der Waals surface area contributed by atoms with E-state index >= 15 is 0 Å². The fourth-order valence-corrected chi connectivity index (χ4v) is 3.52. The van der Waals surface area contributed by atoms with E-state index in [9.17, 15) is 4.79 Å². The van der Waals surface area contributed by atoms with Gasteiger partial charge in [0.25, 0.3) is 0 Å². The fraction of sp³-hybridized carbons (Fsp3) is 0.696. The lowest BCUT2D eigenvalue weighted by Gasteiger charge is -2.34. The van der Waals surface area contributed by atoms with Gasteiger partial charge in [-0.1, -0.05) is 19.9 Å². The molecule has 0 radical (unpaired) electrons. The van der Waals surface area contributed by atoms with Crippen LogP contribution in [-0.2, 0) is 16.0 Å². The molecule has 2 rings (SSSR count). The predicted molar refractivity (Wildman–Crippen MR) is 144 cm³/mol. The molecule has 0 unspecified atom stereocenters. The highest BCUT2D eigenvalue weighted by Crippen LogP contribution is 2.19. The molecule has 3 N–H and O–H groups in total. The number of morpholine rings is 1. The lowest BCUT2D eigenvalue weighted by molar-refractivity contribution is 0.0448. The van der Waals surface area contributed by atoms with E-state index in [1.807, 2.05) is 33.0 Å². The zero-order chi connectivity index (χ0) is 23.6. The molecule has 0 saturated carbocycles. The highest BCUT2D eigenvalue weighted by molar-refractivity contribution is 14.0. The van der Waals surface area contributed by atoms with Gasteiger partial charge in [-0.2, -0.15) is 0 Å². The van der Waals surface area contributed by atoms with E-state index in [4.69, 9.17) is 9.47 Å². The lowest BCUT2D eigenvalue weighted by atomic mass is 9.93. The minimum absolute atomic E-state index is 0. The van der Waals surface area contributed by atoms with Crippen LogP contribution < -0.4 is 20.9 Å². The summed E-state index contributed by atoms with van der Waals surface area (Å²) in [4.78, 5) is 23.6. The third kappa shape index (κ3) is 9.52. The van der Waals surface area contributed by atoms with E-state index in [0.717, 1.165) is 37.3 Å². The van der Waals surface area contributed by atoms with Gasteiger partial charge in [-0.25, -0.2) is 9.78 Å². The minimum atomic E-state index is -0.537. The quantitative estimate of drug-likeness (QED) is 0.248. The molecule has 0 aromatic carbocycles. The van der Waals surface area contributed by atoms with Crippen molar-refractivity contribution in [3.63, 3.8) is 0 Å². The summed E-state index contributed by atoms with van der Waals surface area (Å²) < 4.78 is 10.9. The van der Waals surface area contributed by atoms with Crippen LogP contribution in [0.15, 0.2) is 23.3 Å². The van der Waals surface area contributed by atoms with Crippen LogP contribution in [0.3, 0.4) is 0 Å². The van der Waals surface area contributed by atoms with Gasteiger partial charge in [0, 0.05) is 45.0 Å². The molecule has 1 aliphatic rings. The van der Waals surface area contributed by atoms with Gasteiger partial charge in [-0.15, -0.1) is 24.0 Å². The van der Waals surface area contributed by atoms with Crippen LogP contribution in [0.4, 0.5) is 10.6 Å². The summed E-state index contributed by atoms with van der Waals surface area (Å²) in [6.45, 7) is 13.9. The maximum Gasteiger partial charge on any atom is 0.408 e. The third-order valence-corrected chi connectivity index (χ3v) is 5.56. The number of alkyl carbamates (subject to hydrolysis) is 1. The first kappa shape index (κ1) is 29.2. The highest BCUT2D eigenvalue weighted by Gasteiger charge is 2.30. The summed E-state index contributed by atoms with van der Waals surface area (Å²) in [7, 11) is 1.74. The van der Waals surface area contributed by atoms with Crippen molar-refractivity contribution in [1.29, 1.82) is 0 Å². The van der Waals surface area contributed by atoms with Crippen LogP contribution in [0.2, 0.25) is 0 Å². The molecular formula is C23H41IN6O3. The number of halogens is 1. The molecule has 188 valence electrons. The molecular weight excluding hydrogens is 535 g/mol. The monoisotopic (exact) mass is 576 g/mol. The zero-order valence-corrected chi connectivity index (χ0v) is 23.2. The summed E-state index contributed by atoms with van der Waals surface area (Å²) >= 11 is 0. The van der Waals surface area contributed by atoms with Crippen molar-refractivity contribution in [3.05, 3.63) is 23.9 Å². The second-order valence-corrected chi connectivity index (χ2v) is 8.98. The van der Waals surface area contributed by atoms with E-state index < -0.39 is 17.2 Å². The molecule has 1 fully saturated rings. The van der Waals surface area contributed by atoms with Gasteiger partial charge in [0.15, 0.2) is 5.96 Å². The van der Waals surface area contributed by atoms with Gasteiger partial charge >= 0.3 is 6.09 Å². The van der Waals surface area contributed by atoms with Crippen molar-refractivity contribution < 1.29 is 14.3 Å². The number of hydrogen-bond donors (Lipinski definition) is 3. The number of guanidine groups is 1. The summed E-state index contributed by atoms with van der Waals surface area (Å²) in [5.41, 5.74) is 0.124. The van der Waals surface area contributed by atoms with Crippen LogP contribution in [0.25, 0.3) is 0 Å². The number of nitrogens with zero attached hydrogens (tertiary/aromatic N) is 3. The molecule has 0 aliphatic carbocycles. The van der Waals surface area contributed by atoms with Crippen LogP contribution in [0, 0.1) is 0 Å². The molecule has 0 atom stereocenters. The number of amides is 1. The number of rotatable bonds is 8. The van der Waals surface area contributed by atoms with E-state index in [0.29, 0.717) is 32.3 Å². The summed E-state index contributed by atoms with van der Waals surface area (Å²) in [5.74, 6) is 1.64. The minimum Gasteiger partial charge on any atom is -0.444 e. The van der Waals surface area contributed by atoms with Gasteiger partial charge in [-0.3, -0.25) is 4.99 Å². The summed E-state index contributed by atoms with van der Waals surface area (Å²) in [6, 6.07) is 4.02. The maximum atomic E-state index is 12.4. The SMILES string of the molecule is CCC(CC)(CNC(=NC)NCc1cccnc1N1CCOCC1)NC(=O)OC(C)(C)C.I. The Balaban J connectivity index is 0.00000544. The smallest absolute Gasteiger partial charge is 0.408 e. The first-order valence-electron chi connectivity index (χ1n) is 11.4. The van der Waals surface area contributed by atoms with Crippen molar-refractivity contribution in [2.24, 2.45) is 4.99 Å². The maximum absolute atomic E-state index is 12.4. The number of aromatic nitrogens is 1. The van der Waals surface area contributed by atoms with Gasteiger partial charge < -0.3 is 30.3 Å². The van der Waals surface area contributed by atoms with E-state index in [-0.39, 0.29) is 24.0 Å². The Labute approximate surface area is 215 Å². The number of anilines is 1. The number of pyridine rings is 1. The molecule has 33 heavy (non-hydrogen) atoms. The van der Waals surface area contributed by atoms with Crippen molar-refractivity contribution >= 4 is 41.8 Å². The van der Waals surface area contributed by atoms with E-state index in [1.165, 1.54) is 0 Å². The van der Waals surface area contributed by atoms with E-state index in [1.54, 1.807) is 7.05 Å². The number of ether oxygens (including phenoxy) is 2. The molecule has 9 nitrogen and oxygen atoms in total. The van der Waals surface area contributed by atoms with Crippen LogP contribution >= 0.6 is 24.0 Å². The molecule has 0 bridgehead atoms. The molecule has 1 aromatic rings. The van der Waals surface area contributed by atoms with Gasteiger partial charge in [0.2, 0.25) is 0 Å². The van der Waals surface area contributed by atoms with E-state index in [2.05, 4.69) is 50.7 Å². The molecule has 1 amide bonds. The summed E-state index contributed by atoms with van der Waals surface area (Å²) in [5, 5.41) is 9.80. The third-order valence-electron chi connectivity index (χ3n) is 5.56. The Hall–Kier alpha value is -1.82. The number of carbonyl (C=O) groups excluding carboxylic acids is 1. The van der Waals surface area contributed by atoms with Gasteiger partial charge in [0.05, 0.1) is 18.8 Å². The molecule has 0 spiro atoms. The fourth-order valence-electron chi connectivity index (χ4n) is 3.52. The second kappa shape index (κ2) is 13.8. The Morgan fingerprint density at radius 2 is 1.88 bits per heavy atom. The van der Waals surface area contributed by atoms with Gasteiger partial charge in [-0.05, 0) is 39.7 Å². The highest BCUT2D eigenvalue weighted by atomic mass is 127. The Morgan fingerprint density at radius 1 is 1.21 bits per heavy atom. The lowest BCUT2D eigenvalue weighted by Crippen LogP contribution is -2.57. The molecule has 1 aromatic heterocycles. The normalized spacial score (nSPS) is 14.8. The zero-order valence-electron chi connectivity index (χ0n) is 20.9. The Bertz CT molecular complexity index is 759. The van der Waals surface area contributed by atoms with Gasteiger partial charge in [0.1, 0.15) is 11.4 Å². The van der Waals surface area contributed by atoms with Crippen molar-refractivity contribution in [2.45, 2.75) is 65.1 Å². The van der Waals surface area contributed by atoms with Crippen molar-refractivity contribution in [3.8, 4) is 0 Å². The number of carbonyl (C=O) groups is 1. The first-order valence-corrected chi connectivity index (χ1v) is 11.4. The van der Waals surface area contributed by atoms with Crippen LogP contribution in [0.5, 0.6) is 0 Å². The molecule has 2 heterocycles. The number of hydrogen-bond acceptors (Lipinski definition) is 6. The number of aliphatic imine (C=N–C) groups is 1. The molecule has 1 saturated heterocycles. The largest absolute Gasteiger partial charge is 0.444 e. The average molecular weight is 577 g/mol. The van der Waals surface area contributed by atoms with Crippen molar-refractivity contribution in [1.82, 2.24) is 20.9 Å². The van der Waals surface area contributed by atoms with Crippen molar-refractivity contribution in [2.75, 3.05) is 44.8 Å². The first-order chi connectivity index (χ1) is 15.2. The second-order valence-electron chi connectivity index (χ2n) is 8.98. The van der Waals surface area contributed by atoms with Crippen LogP contribution in [0.1, 0.15) is 53.0 Å². The Kier molecular flexibility index (Phi) is 12.2. The summed E-state index contributed by atoms with van der Waals surface area (Å²) in [6.07, 6.45) is 2.93. The van der Waals surface area contributed by atoms with Crippen LogP contribution in [-0.4, -0.2) is 68.1 Å². The molecule has 1 aliphatic heterocycles. The topological polar surface area (TPSA) is 100 Å². The average Bonchev–Trinajstić information content (AvgIpc) is 2.78. The Morgan fingerprint density at radius 3 is 2.45 bits per heavy atom. The predicted octanol–water partition coefficient (Wildman–Crippen LogP) is 3.28. The standard InChI is InChI=1S/C23H40N6O3.HI/c1-7-23(8-2,28-21(30)32-22(3,4)5)17-27-20(24-6)26-16-18-10-9-11-25-19(18)29-12-14-31-15-13-29;/h9-11H,7-8,12-17H2,1-6H3,(H,28,30)(H2,24,26,27);1H. The number of nitrogens with one attached hydrogen (secondary N) is 3.